The van der Waals surface area contributed by atoms with Gasteiger partial charge in [-0.15, -0.1) is 6.58 Å². The lowest BCUT2D eigenvalue weighted by Gasteiger charge is -2.10. The largest absolute Gasteiger partial charge is 0.454 e. The molecule has 1 amide bonds. The van der Waals surface area contributed by atoms with E-state index in [2.05, 4.69) is 22.5 Å². The molecule has 0 saturated carbocycles. The summed E-state index contributed by atoms with van der Waals surface area (Å²) in [5.74, 6) is 1.25. The van der Waals surface area contributed by atoms with E-state index >= 15 is 0 Å². The zero-order valence-corrected chi connectivity index (χ0v) is 14.0. The number of benzene rings is 1. The third-order valence-corrected chi connectivity index (χ3v) is 4.90. The number of hydrogen-bond donors (Lipinski definition) is 0. The molecule has 21 heavy (non-hydrogen) atoms. The fourth-order valence-corrected chi connectivity index (χ4v) is 3.86. The number of thiocarbonyl (C=S) groups is 1. The van der Waals surface area contributed by atoms with Crippen LogP contribution in [-0.2, 0) is 4.79 Å². The van der Waals surface area contributed by atoms with E-state index in [-0.39, 0.29) is 12.7 Å². The summed E-state index contributed by atoms with van der Waals surface area (Å²) in [5.41, 5.74) is 0.852. The van der Waals surface area contributed by atoms with E-state index in [4.69, 9.17) is 21.7 Å². The van der Waals surface area contributed by atoms with Gasteiger partial charge in [0.25, 0.3) is 5.91 Å². The Bertz CT molecular complexity index is 687. The molecule has 3 rings (SSSR count). The Hall–Kier alpha value is -1.31. The first-order valence-corrected chi connectivity index (χ1v) is 8.07. The minimum atomic E-state index is -0.0984. The van der Waals surface area contributed by atoms with Gasteiger partial charge in [0.1, 0.15) is 4.32 Å². The molecule has 1 fully saturated rings. The Morgan fingerprint density at radius 3 is 3.05 bits per heavy atom. The summed E-state index contributed by atoms with van der Waals surface area (Å²) in [4.78, 5) is 14.4. The van der Waals surface area contributed by atoms with Crippen LogP contribution in [0.1, 0.15) is 5.56 Å². The highest BCUT2D eigenvalue weighted by atomic mass is 79.9. The van der Waals surface area contributed by atoms with Crippen molar-refractivity contribution in [3.8, 4) is 11.5 Å². The van der Waals surface area contributed by atoms with Gasteiger partial charge in [0.2, 0.25) is 6.79 Å². The third-order valence-electron chi connectivity index (χ3n) is 2.93. The summed E-state index contributed by atoms with van der Waals surface area (Å²) in [6.07, 6.45) is 3.46. The van der Waals surface area contributed by atoms with E-state index in [1.165, 1.54) is 16.7 Å². The smallest absolute Gasteiger partial charge is 0.266 e. The Labute approximate surface area is 139 Å². The number of thioether (sulfide) groups is 1. The van der Waals surface area contributed by atoms with Crippen LogP contribution in [0.25, 0.3) is 6.08 Å². The Morgan fingerprint density at radius 1 is 1.48 bits per heavy atom. The van der Waals surface area contributed by atoms with Crippen LogP contribution in [-0.4, -0.2) is 28.5 Å². The molecule has 0 radical (unpaired) electrons. The second-order valence-electron chi connectivity index (χ2n) is 4.32. The number of nitrogens with zero attached hydrogens (tertiary/aromatic N) is 1. The lowest BCUT2D eigenvalue weighted by molar-refractivity contribution is -0.121. The fraction of sp³-hybridized carbons (Fsp3) is 0.143. The van der Waals surface area contributed by atoms with Gasteiger partial charge in [0, 0.05) is 6.54 Å². The minimum absolute atomic E-state index is 0.0984. The second-order valence-corrected chi connectivity index (χ2v) is 6.85. The van der Waals surface area contributed by atoms with Crippen molar-refractivity contribution in [2.24, 2.45) is 0 Å². The molecular formula is C14H10BrNO3S2. The van der Waals surface area contributed by atoms with E-state index in [0.717, 1.165) is 10.0 Å². The summed E-state index contributed by atoms with van der Waals surface area (Å²) < 4.78 is 12.1. The van der Waals surface area contributed by atoms with E-state index < -0.39 is 0 Å². The molecule has 0 aliphatic carbocycles. The van der Waals surface area contributed by atoms with Gasteiger partial charge in [0.05, 0.1) is 9.38 Å². The molecule has 0 spiro atoms. The van der Waals surface area contributed by atoms with Gasteiger partial charge in [-0.05, 0) is 39.7 Å². The van der Waals surface area contributed by atoms with Crippen molar-refractivity contribution in [3.63, 3.8) is 0 Å². The molecule has 0 N–H and O–H groups in total. The minimum Gasteiger partial charge on any atom is -0.454 e. The number of halogens is 1. The summed E-state index contributed by atoms with van der Waals surface area (Å²) in [6, 6.07) is 3.72. The van der Waals surface area contributed by atoms with Crippen LogP contribution in [0.5, 0.6) is 11.5 Å². The summed E-state index contributed by atoms with van der Waals surface area (Å²) in [7, 11) is 0. The van der Waals surface area contributed by atoms with Crippen LogP contribution in [0.2, 0.25) is 0 Å². The van der Waals surface area contributed by atoms with Gasteiger partial charge < -0.3 is 9.47 Å². The topological polar surface area (TPSA) is 38.8 Å². The highest BCUT2D eigenvalue weighted by molar-refractivity contribution is 9.10. The Morgan fingerprint density at radius 2 is 2.29 bits per heavy atom. The molecule has 1 aromatic carbocycles. The SMILES string of the molecule is C=CCN1C(=O)C(=Cc2cc(Br)c3c(c2)OCO3)SC1=S. The van der Waals surface area contributed by atoms with E-state index in [9.17, 15) is 4.79 Å². The first-order valence-electron chi connectivity index (χ1n) is 6.05. The van der Waals surface area contributed by atoms with Crippen LogP contribution in [0.3, 0.4) is 0 Å². The van der Waals surface area contributed by atoms with Crippen LogP contribution in [0.15, 0.2) is 34.2 Å². The molecule has 0 unspecified atom stereocenters. The summed E-state index contributed by atoms with van der Waals surface area (Å²) in [6.45, 7) is 4.26. The van der Waals surface area contributed by atoms with Crippen LogP contribution in [0, 0.1) is 0 Å². The number of fused-ring (bicyclic) bond motifs is 1. The van der Waals surface area contributed by atoms with Gasteiger partial charge in [-0.2, -0.15) is 0 Å². The Balaban J connectivity index is 1.93. The van der Waals surface area contributed by atoms with Crippen molar-refractivity contribution in [1.29, 1.82) is 0 Å². The lowest BCUT2D eigenvalue weighted by atomic mass is 10.2. The fourth-order valence-electron chi connectivity index (χ4n) is 2.01. The molecule has 7 heteroatoms. The normalized spacial score (nSPS) is 18.7. The standard InChI is InChI=1S/C14H10BrNO3S2/c1-2-3-16-13(17)11(21-14(16)20)6-8-4-9(15)12-10(5-8)18-7-19-12/h2,4-6H,1,3,7H2. The maximum absolute atomic E-state index is 12.3. The predicted molar refractivity (Wildman–Crippen MR) is 90.3 cm³/mol. The monoisotopic (exact) mass is 383 g/mol. The second kappa shape index (κ2) is 5.82. The maximum Gasteiger partial charge on any atom is 0.266 e. The van der Waals surface area contributed by atoms with Crippen molar-refractivity contribution < 1.29 is 14.3 Å². The zero-order chi connectivity index (χ0) is 15.0. The molecule has 108 valence electrons. The first kappa shape index (κ1) is 14.6. The maximum atomic E-state index is 12.3. The molecule has 2 aliphatic heterocycles. The van der Waals surface area contributed by atoms with Gasteiger partial charge in [0.15, 0.2) is 11.5 Å². The van der Waals surface area contributed by atoms with E-state index in [1.54, 1.807) is 12.2 Å². The lowest BCUT2D eigenvalue weighted by Crippen LogP contribution is -2.27. The predicted octanol–water partition coefficient (Wildman–Crippen LogP) is 3.57. The van der Waals surface area contributed by atoms with Gasteiger partial charge >= 0.3 is 0 Å². The van der Waals surface area contributed by atoms with Gasteiger partial charge in [-0.3, -0.25) is 9.69 Å². The summed E-state index contributed by atoms with van der Waals surface area (Å²) >= 11 is 9.93. The zero-order valence-electron chi connectivity index (χ0n) is 10.8. The number of carbonyl (C=O) groups excluding carboxylic acids is 1. The van der Waals surface area contributed by atoms with Gasteiger partial charge in [-0.1, -0.05) is 30.1 Å². The van der Waals surface area contributed by atoms with Crippen molar-refractivity contribution in [2.75, 3.05) is 13.3 Å². The molecule has 1 aromatic rings. The van der Waals surface area contributed by atoms with Crippen molar-refractivity contribution in [2.45, 2.75) is 0 Å². The summed E-state index contributed by atoms with van der Waals surface area (Å²) in [5, 5.41) is 0. The molecule has 0 atom stereocenters. The highest BCUT2D eigenvalue weighted by Crippen LogP contribution is 2.41. The molecule has 2 heterocycles. The third kappa shape index (κ3) is 2.73. The number of carbonyl (C=O) groups is 1. The molecule has 1 saturated heterocycles. The molecule has 2 aliphatic rings. The van der Waals surface area contributed by atoms with Gasteiger partial charge in [-0.25, -0.2) is 0 Å². The number of ether oxygens (including phenoxy) is 2. The van der Waals surface area contributed by atoms with E-state index in [0.29, 0.717) is 27.3 Å². The first-order chi connectivity index (χ1) is 10.1. The number of amides is 1. The quantitative estimate of drug-likeness (QED) is 0.453. The molecular weight excluding hydrogens is 374 g/mol. The van der Waals surface area contributed by atoms with E-state index in [1.807, 2.05) is 12.1 Å². The number of hydrogen-bond acceptors (Lipinski definition) is 5. The molecule has 0 aromatic heterocycles. The molecule has 0 bridgehead atoms. The van der Waals surface area contributed by atoms with Crippen LogP contribution in [0.4, 0.5) is 0 Å². The van der Waals surface area contributed by atoms with Crippen LogP contribution >= 0.6 is 39.9 Å². The van der Waals surface area contributed by atoms with Crippen LogP contribution < -0.4 is 9.47 Å². The average molecular weight is 384 g/mol. The molecule has 4 nitrogen and oxygen atoms in total. The highest BCUT2D eigenvalue weighted by Gasteiger charge is 2.31. The Kier molecular flexibility index (Phi) is 4.05. The number of rotatable bonds is 3. The van der Waals surface area contributed by atoms with Crippen molar-refractivity contribution in [3.05, 3.63) is 39.7 Å². The van der Waals surface area contributed by atoms with Crippen molar-refractivity contribution in [1.82, 2.24) is 4.90 Å². The average Bonchev–Trinajstić information content (AvgIpc) is 3.00. The van der Waals surface area contributed by atoms with Crippen molar-refractivity contribution >= 4 is 56.2 Å².